The van der Waals surface area contributed by atoms with Gasteiger partial charge in [0.15, 0.2) is 0 Å². The number of nitrogens with one attached hydrogen (secondary N) is 1. The van der Waals surface area contributed by atoms with E-state index < -0.39 is 11.7 Å². The van der Waals surface area contributed by atoms with E-state index in [1.807, 2.05) is 13.8 Å². The van der Waals surface area contributed by atoms with Crippen molar-refractivity contribution in [2.45, 2.75) is 32.9 Å². The van der Waals surface area contributed by atoms with Gasteiger partial charge in [0.25, 0.3) is 0 Å². The van der Waals surface area contributed by atoms with E-state index >= 15 is 0 Å². The second-order valence-electron chi connectivity index (χ2n) is 4.91. The highest BCUT2D eigenvalue weighted by Crippen LogP contribution is 2.36. The number of anilines is 1. The summed E-state index contributed by atoms with van der Waals surface area (Å²) < 4.78 is 38.2. The quantitative estimate of drug-likeness (QED) is 0.807. The molecule has 0 saturated heterocycles. The Kier molecular flexibility index (Phi) is 5.71. The average Bonchev–Trinajstić information content (AvgIpc) is 2.41. The van der Waals surface area contributed by atoms with Crippen LogP contribution in [0.3, 0.4) is 0 Å². The summed E-state index contributed by atoms with van der Waals surface area (Å²) in [5, 5.41) is 12.1. The summed E-state index contributed by atoms with van der Waals surface area (Å²) in [7, 11) is 0. The molecule has 0 radical (unpaired) electrons. The van der Waals surface area contributed by atoms with E-state index in [0.29, 0.717) is 12.2 Å². The van der Waals surface area contributed by atoms with E-state index in [2.05, 4.69) is 5.32 Å². The summed E-state index contributed by atoms with van der Waals surface area (Å²) in [5.41, 5.74) is -0.828. The van der Waals surface area contributed by atoms with Crippen molar-refractivity contribution in [3.8, 4) is 0 Å². The van der Waals surface area contributed by atoms with Crippen molar-refractivity contribution >= 4 is 17.3 Å². The van der Waals surface area contributed by atoms with Gasteiger partial charge in [0.05, 0.1) is 17.2 Å². The number of rotatable bonds is 6. The van der Waals surface area contributed by atoms with Gasteiger partial charge < -0.3 is 10.4 Å². The summed E-state index contributed by atoms with van der Waals surface area (Å²) in [6.45, 7) is 4.30. The van der Waals surface area contributed by atoms with Gasteiger partial charge in [-0.15, -0.1) is 0 Å². The van der Waals surface area contributed by atoms with E-state index in [-0.39, 0.29) is 17.0 Å². The van der Waals surface area contributed by atoms with Gasteiger partial charge in [0, 0.05) is 17.6 Å². The lowest BCUT2D eigenvalue weighted by Crippen LogP contribution is -2.32. The predicted octanol–water partition coefficient (Wildman–Crippen LogP) is 4.57. The van der Waals surface area contributed by atoms with Gasteiger partial charge in [-0.2, -0.15) is 13.2 Å². The zero-order valence-electron chi connectivity index (χ0n) is 11.5. The molecule has 1 aromatic rings. The third-order valence-corrected chi connectivity index (χ3v) is 4.10. The molecule has 0 aliphatic rings. The van der Waals surface area contributed by atoms with Crippen molar-refractivity contribution < 1.29 is 18.3 Å². The Balaban J connectivity index is 2.89. The van der Waals surface area contributed by atoms with E-state index in [4.69, 9.17) is 11.6 Å². The molecule has 1 aromatic carbocycles. The molecular formula is C14H19ClF3NO. The van der Waals surface area contributed by atoms with Gasteiger partial charge in [-0.3, -0.25) is 0 Å². The topological polar surface area (TPSA) is 32.3 Å². The number of hydrogen-bond acceptors (Lipinski definition) is 2. The molecule has 0 fully saturated rings. The zero-order chi connectivity index (χ0) is 15.4. The maximum atomic E-state index is 12.7. The van der Waals surface area contributed by atoms with E-state index in [9.17, 15) is 18.3 Å². The van der Waals surface area contributed by atoms with Crippen LogP contribution >= 0.6 is 11.6 Å². The molecule has 0 aliphatic carbocycles. The Morgan fingerprint density at radius 1 is 1.20 bits per heavy atom. The maximum absolute atomic E-state index is 12.7. The van der Waals surface area contributed by atoms with Crippen LogP contribution in [0, 0.1) is 5.41 Å². The molecule has 114 valence electrons. The molecule has 0 unspecified atom stereocenters. The normalized spacial score (nSPS) is 12.6. The Morgan fingerprint density at radius 2 is 1.80 bits per heavy atom. The number of aliphatic hydroxyl groups is 1. The lowest BCUT2D eigenvalue weighted by atomic mass is 9.83. The molecule has 0 saturated carbocycles. The third kappa shape index (κ3) is 4.03. The highest BCUT2D eigenvalue weighted by Gasteiger charge is 2.33. The third-order valence-electron chi connectivity index (χ3n) is 3.77. The van der Waals surface area contributed by atoms with Crippen LogP contribution in [0.1, 0.15) is 32.3 Å². The fourth-order valence-electron chi connectivity index (χ4n) is 1.92. The molecule has 0 aliphatic heterocycles. The highest BCUT2D eigenvalue weighted by molar-refractivity contribution is 6.31. The number of hydrogen-bond donors (Lipinski definition) is 2. The van der Waals surface area contributed by atoms with Crippen LogP contribution in [0.5, 0.6) is 0 Å². The smallest absolute Gasteiger partial charge is 0.396 e. The van der Waals surface area contributed by atoms with E-state index in [0.717, 1.165) is 18.9 Å². The van der Waals surface area contributed by atoms with Crippen molar-refractivity contribution in [2.24, 2.45) is 5.41 Å². The summed E-state index contributed by atoms with van der Waals surface area (Å²) in [4.78, 5) is 0. The van der Waals surface area contributed by atoms with E-state index in [1.54, 1.807) is 0 Å². The monoisotopic (exact) mass is 309 g/mol. The van der Waals surface area contributed by atoms with Gasteiger partial charge in [-0.25, -0.2) is 0 Å². The largest absolute Gasteiger partial charge is 0.417 e. The highest BCUT2D eigenvalue weighted by atomic mass is 35.5. The summed E-state index contributed by atoms with van der Waals surface area (Å²) in [5.74, 6) is 0. The summed E-state index contributed by atoms with van der Waals surface area (Å²) >= 11 is 5.57. The first-order chi connectivity index (χ1) is 9.28. The van der Waals surface area contributed by atoms with Gasteiger partial charge in [-0.1, -0.05) is 25.4 Å². The predicted molar refractivity (Wildman–Crippen MR) is 75.0 cm³/mol. The van der Waals surface area contributed by atoms with Crippen LogP contribution in [0.15, 0.2) is 18.2 Å². The first kappa shape index (κ1) is 17.1. The van der Waals surface area contributed by atoms with Gasteiger partial charge in [0.1, 0.15) is 0 Å². The van der Waals surface area contributed by atoms with Crippen LogP contribution in [0.4, 0.5) is 18.9 Å². The Morgan fingerprint density at radius 3 is 2.25 bits per heavy atom. The first-order valence-electron chi connectivity index (χ1n) is 6.49. The molecule has 0 amide bonds. The van der Waals surface area contributed by atoms with Crippen LogP contribution in [-0.4, -0.2) is 18.3 Å². The minimum Gasteiger partial charge on any atom is -0.396 e. The van der Waals surface area contributed by atoms with Crippen LogP contribution in [-0.2, 0) is 6.18 Å². The second-order valence-corrected chi connectivity index (χ2v) is 5.32. The Hall–Kier alpha value is -0.940. The maximum Gasteiger partial charge on any atom is 0.417 e. The second kappa shape index (κ2) is 6.68. The zero-order valence-corrected chi connectivity index (χ0v) is 12.3. The number of aliphatic hydroxyl groups excluding tert-OH is 1. The minimum absolute atomic E-state index is 0.00722. The minimum atomic E-state index is -4.47. The van der Waals surface area contributed by atoms with Crippen molar-refractivity contribution in [3.05, 3.63) is 28.8 Å². The Labute approximate surface area is 121 Å². The fraction of sp³-hybridized carbons (Fsp3) is 0.571. The van der Waals surface area contributed by atoms with Crippen LogP contribution in [0.2, 0.25) is 5.02 Å². The van der Waals surface area contributed by atoms with Crippen LogP contribution < -0.4 is 5.32 Å². The molecule has 0 bridgehead atoms. The molecule has 1 rings (SSSR count). The van der Waals surface area contributed by atoms with Gasteiger partial charge in [-0.05, 0) is 31.0 Å². The SMILES string of the molecule is CCC(CC)(CO)CNc1ccc(Cl)c(C(F)(F)F)c1. The van der Waals surface area contributed by atoms with Crippen molar-refractivity contribution in [1.82, 2.24) is 0 Å². The molecule has 20 heavy (non-hydrogen) atoms. The van der Waals surface area contributed by atoms with Crippen molar-refractivity contribution in [2.75, 3.05) is 18.5 Å². The number of halogens is 4. The summed E-state index contributed by atoms with van der Waals surface area (Å²) in [6, 6.07) is 3.73. The molecule has 2 N–H and O–H groups in total. The van der Waals surface area contributed by atoms with E-state index in [1.165, 1.54) is 12.1 Å². The molecule has 0 spiro atoms. The lowest BCUT2D eigenvalue weighted by Gasteiger charge is -2.30. The standard InChI is InChI=1S/C14H19ClF3NO/c1-3-13(4-2,9-20)8-19-10-5-6-12(15)11(7-10)14(16,17)18/h5-7,19-20H,3-4,8-9H2,1-2H3. The fourth-order valence-corrected chi connectivity index (χ4v) is 2.15. The van der Waals surface area contributed by atoms with Crippen molar-refractivity contribution in [1.29, 1.82) is 0 Å². The number of alkyl halides is 3. The van der Waals surface area contributed by atoms with Crippen molar-refractivity contribution in [3.63, 3.8) is 0 Å². The van der Waals surface area contributed by atoms with Gasteiger partial charge in [0.2, 0.25) is 0 Å². The molecule has 0 aromatic heterocycles. The average molecular weight is 310 g/mol. The van der Waals surface area contributed by atoms with Gasteiger partial charge >= 0.3 is 6.18 Å². The molecule has 2 nitrogen and oxygen atoms in total. The molecule has 0 atom stereocenters. The first-order valence-corrected chi connectivity index (χ1v) is 6.87. The summed E-state index contributed by atoms with van der Waals surface area (Å²) in [6.07, 6.45) is -2.99. The molecular weight excluding hydrogens is 291 g/mol. The lowest BCUT2D eigenvalue weighted by molar-refractivity contribution is -0.137. The molecule has 6 heteroatoms. The number of benzene rings is 1. The van der Waals surface area contributed by atoms with Crippen LogP contribution in [0.25, 0.3) is 0 Å². The molecule has 0 heterocycles. The Bertz CT molecular complexity index is 436.